The molecule has 0 saturated heterocycles. The number of carbonyl (C=O) groups is 1. The van der Waals surface area contributed by atoms with Gasteiger partial charge in [0.2, 0.25) is 5.91 Å². The van der Waals surface area contributed by atoms with Crippen LogP contribution in [0.15, 0.2) is 18.2 Å². The summed E-state index contributed by atoms with van der Waals surface area (Å²) in [5.41, 5.74) is 0.404. The van der Waals surface area contributed by atoms with Crippen molar-refractivity contribution in [2.24, 2.45) is 0 Å². The Morgan fingerprint density at radius 1 is 1.33 bits per heavy atom. The maximum absolute atomic E-state index is 11.4. The number of benzene rings is 1. The highest BCUT2D eigenvalue weighted by molar-refractivity contribution is 5.78. The molecule has 0 heterocycles. The van der Waals surface area contributed by atoms with Gasteiger partial charge in [-0.05, 0) is 25.5 Å². The molecule has 0 aromatic heterocycles. The first-order valence-corrected chi connectivity index (χ1v) is 6.07. The molecule has 1 unspecified atom stereocenters. The van der Waals surface area contributed by atoms with Crippen LogP contribution >= 0.6 is 0 Å². The summed E-state index contributed by atoms with van der Waals surface area (Å²) in [5.74, 6) is -0.0634. The van der Waals surface area contributed by atoms with Crippen molar-refractivity contribution < 1.29 is 15.0 Å². The van der Waals surface area contributed by atoms with Crippen LogP contribution in [0.4, 0.5) is 0 Å². The van der Waals surface area contributed by atoms with Crippen molar-refractivity contribution in [2.75, 3.05) is 13.1 Å². The summed E-state index contributed by atoms with van der Waals surface area (Å²) < 4.78 is 0. The first-order valence-electron chi connectivity index (χ1n) is 6.07. The minimum absolute atomic E-state index is 0.0176. The number of hydrogen-bond donors (Lipinski definition) is 4. The molecule has 0 spiro atoms. The second-order valence-corrected chi connectivity index (χ2v) is 4.16. The summed E-state index contributed by atoms with van der Waals surface area (Å²) >= 11 is 0. The molecule has 0 aliphatic carbocycles. The molecule has 1 aromatic rings. The van der Waals surface area contributed by atoms with E-state index in [2.05, 4.69) is 10.6 Å². The van der Waals surface area contributed by atoms with E-state index >= 15 is 0 Å². The zero-order chi connectivity index (χ0) is 13.5. The third kappa shape index (κ3) is 3.92. The molecule has 18 heavy (non-hydrogen) atoms. The Labute approximate surface area is 107 Å². The lowest BCUT2D eigenvalue weighted by atomic mass is 10.1. The number of phenols is 2. The van der Waals surface area contributed by atoms with Crippen LogP contribution in [0.2, 0.25) is 0 Å². The van der Waals surface area contributed by atoms with Gasteiger partial charge >= 0.3 is 0 Å². The molecule has 1 amide bonds. The van der Waals surface area contributed by atoms with E-state index in [-0.39, 0.29) is 30.0 Å². The Morgan fingerprint density at radius 2 is 1.94 bits per heavy atom. The molecular formula is C13H20N2O3. The van der Waals surface area contributed by atoms with E-state index in [0.29, 0.717) is 12.1 Å². The van der Waals surface area contributed by atoms with Gasteiger partial charge in [-0.3, -0.25) is 4.79 Å². The third-order valence-corrected chi connectivity index (χ3v) is 2.63. The van der Waals surface area contributed by atoms with Crippen molar-refractivity contribution in [1.29, 1.82) is 0 Å². The van der Waals surface area contributed by atoms with Gasteiger partial charge in [0.1, 0.15) is 11.5 Å². The Hall–Kier alpha value is -1.75. The molecule has 4 N–H and O–H groups in total. The number of phenolic OH excluding ortho intramolecular Hbond substituents is 2. The van der Waals surface area contributed by atoms with Crippen molar-refractivity contribution in [3.63, 3.8) is 0 Å². The standard InChI is InChI=1S/C13H20N2O3/c1-3-7-14-12(18)8-15-9(2)13-10(16)5-4-6-11(13)17/h4-6,9,15-17H,3,7-8H2,1-2H3,(H,14,18). The molecule has 0 saturated carbocycles. The highest BCUT2D eigenvalue weighted by atomic mass is 16.3. The predicted molar refractivity (Wildman–Crippen MR) is 69.5 cm³/mol. The molecule has 5 nitrogen and oxygen atoms in total. The monoisotopic (exact) mass is 252 g/mol. The summed E-state index contributed by atoms with van der Waals surface area (Å²) in [7, 11) is 0. The molecule has 1 aromatic carbocycles. The molecule has 0 aliphatic rings. The van der Waals surface area contributed by atoms with Crippen LogP contribution in [0.1, 0.15) is 31.9 Å². The van der Waals surface area contributed by atoms with Gasteiger partial charge in [0, 0.05) is 12.6 Å². The van der Waals surface area contributed by atoms with Gasteiger partial charge in [-0.15, -0.1) is 0 Å². The van der Waals surface area contributed by atoms with E-state index < -0.39 is 0 Å². The minimum atomic E-state index is -0.307. The molecule has 0 fully saturated rings. The molecule has 0 radical (unpaired) electrons. The van der Waals surface area contributed by atoms with Gasteiger partial charge in [-0.25, -0.2) is 0 Å². The average molecular weight is 252 g/mol. The summed E-state index contributed by atoms with van der Waals surface area (Å²) in [6.07, 6.45) is 0.890. The number of aromatic hydroxyl groups is 2. The first kappa shape index (κ1) is 14.3. The van der Waals surface area contributed by atoms with Crippen molar-refractivity contribution in [2.45, 2.75) is 26.3 Å². The zero-order valence-electron chi connectivity index (χ0n) is 10.7. The van der Waals surface area contributed by atoms with Crippen LogP contribution in [0.5, 0.6) is 11.5 Å². The van der Waals surface area contributed by atoms with Gasteiger partial charge in [0.25, 0.3) is 0 Å². The number of amides is 1. The first-order chi connectivity index (χ1) is 8.56. The van der Waals surface area contributed by atoms with Crippen LogP contribution in [-0.2, 0) is 4.79 Å². The Kier molecular flexibility index (Phi) is 5.45. The van der Waals surface area contributed by atoms with Crippen LogP contribution in [0.25, 0.3) is 0 Å². The topological polar surface area (TPSA) is 81.6 Å². The highest BCUT2D eigenvalue weighted by Crippen LogP contribution is 2.31. The minimum Gasteiger partial charge on any atom is -0.507 e. The zero-order valence-corrected chi connectivity index (χ0v) is 10.7. The lowest BCUT2D eigenvalue weighted by Gasteiger charge is -2.16. The maximum atomic E-state index is 11.4. The van der Waals surface area contributed by atoms with Gasteiger partial charge in [-0.1, -0.05) is 13.0 Å². The largest absolute Gasteiger partial charge is 0.507 e. The normalized spacial score (nSPS) is 12.1. The summed E-state index contributed by atoms with van der Waals surface area (Å²) in [5, 5.41) is 25.0. The molecule has 0 aliphatic heterocycles. The van der Waals surface area contributed by atoms with Crippen molar-refractivity contribution >= 4 is 5.91 Å². The van der Waals surface area contributed by atoms with Gasteiger partial charge in [-0.2, -0.15) is 0 Å². The van der Waals surface area contributed by atoms with E-state index in [9.17, 15) is 15.0 Å². The Balaban J connectivity index is 2.55. The molecule has 1 rings (SSSR count). The van der Waals surface area contributed by atoms with E-state index in [0.717, 1.165) is 6.42 Å². The van der Waals surface area contributed by atoms with Crippen molar-refractivity contribution in [1.82, 2.24) is 10.6 Å². The van der Waals surface area contributed by atoms with Crippen LogP contribution in [0.3, 0.4) is 0 Å². The average Bonchev–Trinajstić information content (AvgIpc) is 2.33. The van der Waals surface area contributed by atoms with E-state index in [1.165, 1.54) is 12.1 Å². The quantitative estimate of drug-likeness (QED) is 0.614. The molecule has 0 bridgehead atoms. The summed E-state index contributed by atoms with van der Waals surface area (Å²) in [6.45, 7) is 4.56. The van der Waals surface area contributed by atoms with Crippen LogP contribution in [0, 0.1) is 0 Å². The number of hydrogen-bond acceptors (Lipinski definition) is 4. The third-order valence-electron chi connectivity index (χ3n) is 2.63. The lowest BCUT2D eigenvalue weighted by Crippen LogP contribution is -2.35. The van der Waals surface area contributed by atoms with Gasteiger partial charge in [0.15, 0.2) is 0 Å². The fourth-order valence-electron chi connectivity index (χ4n) is 1.66. The second-order valence-electron chi connectivity index (χ2n) is 4.16. The maximum Gasteiger partial charge on any atom is 0.233 e. The fraction of sp³-hybridized carbons (Fsp3) is 0.462. The van der Waals surface area contributed by atoms with Gasteiger partial charge < -0.3 is 20.8 Å². The van der Waals surface area contributed by atoms with Crippen LogP contribution in [-0.4, -0.2) is 29.2 Å². The molecule has 1 atom stereocenters. The predicted octanol–water partition coefficient (Wildman–Crippen LogP) is 1.27. The van der Waals surface area contributed by atoms with E-state index in [4.69, 9.17) is 0 Å². The Morgan fingerprint density at radius 3 is 2.50 bits per heavy atom. The summed E-state index contributed by atoms with van der Waals surface area (Å²) in [4.78, 5) is 11.4. The second kappa shape index (κ2) is 6.86. The Bertz CT molecular complexity index is 387. The van der Waals surface area contributed by atoms with E-state index in [1.54, 1.807) is 13.0 Å². The van der Waals surface area contributed by atoms with Crippen molar-refractivity contribution in [3.05, 3.63) is 23.8 Å². The SMILES string of the molecule is CCCNC(=O)CNC(C)c1c(O)cccc1O. The van der Waals surface area contributed by atoms with Gasteiger partial charge in [0.05, 0.1) is 12.1 Å². The number of nitrogens with one attached hydrogen (secondary N) is 2. The number of rotatable bonds is 6. The smallest absolute Gasteiger partial charge is 0.233 e. The molecule has 100 valence electrons. The van der Waals surface area contributed by atoms with Crippen molar-refractivity contribution in [3.8, 4) is 11.5 Å². The number of carbonyl (C=O) groups excluding carboxylic acids is 1. The van der Waals surface area contributed by atoms with Crippen LogP contribution < -0.4 is 10.6 Å². The van der Waals surface area contributed by atoms with E-state index in [1.807, 2.05) is 6.92 Å². The molecule has 5 heteroatoms. The lowest BCUT2D eigenvalue weighted by molar-refractivity contribution is -0.120. The fourth-order valence-corrected chi connectivity index (χ4v) is 1.66. The summed E-state index contributed by atoms with van der Waals surface area (Å²) in [6, 6.07) is 4.27. The molecular weight excluding hydrogens is 232 g/mol. The highest BCUT2D eigenvalue weighted by Gasteiger charge is 2.15.